The molecule has 21 heavy (non-hydrogen) atoms. The van der Waals surface area contributed by atoms with Crippen LogP contribution in [0.2, 0.25) is 10.0 Å². The van der Waals surface area contributed by atoms with E-state index in [9.17, 15) is 4.79 Å². The van der Waals surface area contributed by atoms with Gasteiger partial charge in [-0.2, -0.15) is 0 Å². The fourth-order valence-electron chi connectivity index (χ4n) is 1.80. The van der Waals surface area contributed by atoms with E-state index in [2.05, 4.69) is 10.6 Å². The van der Waals surface area contributed by atoms with Gasteiger partial charge in [0.25, 0.3) is 0 Å². The lowest BCUT2D eigenvalue weighted by atomic mass is 10.2. The Kier molecular flexibility index (Phi) is 5.48. The predicted octanol–water partition coefficient (Wildman–Crippen LogP) is 4.74. The second kappa shape index (κ2) is 7.34. The van der Waals surface area contributed by atoms with E-state index < -0.39 is 0 Å². The molecule has 0 heterocycles. The molecule has 0 radical (unpaired) electrons. The van der Waals surface area contributed by atoms with Gasteiger partial charge in [-0.1, -0.05) is 40.9 Å². The predicted molar refractivity (Wildman–Crippen MR) is 89.4 cm³/mol. The second-order valence-corrected chi connectivity index (χ2v) is 5.56. The summed E-state index contributed by atoms with van der Waals surface area (Å²) in [7, 11) is 0. The van der Waals surface area contributed by atoms with E-state index >= 15 is 0 Å². The Morgan fingerprint density at radius 1 is 1.10 bits per heavy atom. The van der Waals surface area contributed by atoms with Gasteiger partial charge in [-0.05, 0) is 37.3 Å². The molecule has 0 aliphatic rings. The number of carbonyl (C=O) groups excluding carboxylic acids is 1. The van der Waals surface area contributed by atoms with Crippen molar-refractivity contribution in [3.8, 4) is 0 Å². The summed E-state index contributed by atoms with van der Waals surface area (Å²) in [6, 6.07) is 13.0. The van der Waals surface area contributed by atoms with E-state index in [0.29, 0.717) is 28.7 Å². The molecule has 3 nitrogen and oxygen atoms in total. The van der Waals surface area contributed by atoms with Gasteiger partial charge in [-0.15, -0.1) is 0 Å². The molecule has 1 amide bonds. The van der Waals surface area contributed by atoms with Crippen LogP contribution in [0.15, 0.2) is 42.5 Å². The van der Waals surface area contributed by atoms with Gasteiger partial charge >= 0.3 is 0 Å². The maximum absolute atomic E-state index is 11.9. The molecule has 0 aromatic heterocycles. The SMILES string of the molecule is Cc1ccc(NCCC(=O)Nc2cc(Cl)ccc2Cl)cc1. The Balaban J connectivity index is 1.82. The van der Waals surface area contributed by atoms with Gasteiger partial charge in [0.15, 0.2) is 0 Å². The van der Waals surface area contributed by atoms with Crippen molar-refractivity contribution in [3.05, 3.63) is 58.1 Å². The molecule has 0 saturated heterocycles. The molecule has 110 valence electrons. The molecule has 0 atom stereocenters. The lowest BCUT2D eigenvalue weighted by Gasteiger charge is -2.09. The first-order chi connectivity index (χ1) is 10.0. The van der Waals surface area contributed by atoms with Gasteiger partial charge < -0.3 is 10.6 Å². The Morgan fingerprint density at radius 2 is 1.81 bits per heavy atom. The third-order valence-electron chi connectivity index (χ3n) is 2.94. The summed E-state index contributed by atoms with van der Waals surface area (Å²) in [6.45, 7) is 2.58. The maximum atomic E-state index is 11.9. The number of nitrogens with one attached hydrogen (secondary N) is 2. The van der Waals surface area contributed by atoms with E-state index in [0.717, 1.165) is 5.69 Å². The van der Waals surface area contributed by atoms with Crippen molar-refractivity contribution in [2.24, 2.45) is 0 Å². The van der Waals surface area contributed by atoms with Crippen LogP contribution in [0.25, 0.3) is 0 Å². The van der Waals surface area contributed by atoms with Crippen molar-refractivity contribution in [2.45, 2.75) is 13.3 Å². The first kappa shape index (κ1) is 15.7. The van der Waals surface area contributed by atoms with Crippen LogP contribution in [0.5, 0.6) is 0 Å². The monoisotopic (exact) mass is 322 g/mol. The highest BCUT2D eigenvalue weighted by Crippen LogP contribution is 2.25. The van der Waals surface area contributed by atoms with Gasteiger partial charge in [0.2, 0.25) is 5.91 Å². The smallest absolute Gasteiger partial charge is 0.226 e. The van der Waals surface area contributed by atoms with Crippen LogP contribution >= 0.6 is 23.2 Å². The molecule has 2 aromatic carbocycles. The molecular formula is C16H16Cl2N2O. The van der Waals surface area contributed by atoms with Crippen LogP contribution in [0, 0.1) is 6.92 Å². The summed E-state index contributed by atoms with van der Waals surface area (Å²) in [5.41, 5.74) is 2.73. The molecule has 2 aromatic rings. The third-order valence-corrected chi connectivity index (χ3v) is 3.50. The number of rotatable bonds is 5. The molecule has 0 spiro atoms. The van der Waals surface area contributed by atoms with Crippen LogP contribution in [-0.4, -0.2) is 12.5 Å². The van der Waals surface area contributed by atoms with Crippen molar-refractivity contribution < 1.29 is 4.79 Å². The number of hydrogen-bond donors (Lipinski definition) is 2. The lowest BCUT2D eigenvalue weighted by molar-refractivity contribution is -0.115. The van der Waals surface area contributed by atoms with Crippen molar-refractivity contribution >= 4 is 40.5 Å². The average molecular weight is 323 g/mol. The van der Waals surface area contributed by atoms with Gasteiger partial charge in [-0.25, -0.2) is 0 Å². The normalized spacial score (nSPS) is 10.2. The molecule has 0 saturated carbocycles. The van der Waals surface area contributed by atoms with Gasteiger partial charge in [0.05, 0.1) is 10.7 Å². The Labute approximate surface area is 134 Å². The van der Waals surface area contributed by atoms with Gasteiger partial charge in [0, 0.05) is 23.7 Å². The summed E-state index contributed by atoms with van der Waals surface area (Å²) in [4.78, 5) is 11.9. The van der Waals surface area contributed by atoms with Crippen LogP contribution < -0.4 is 10.6 Å². The molecule has 0 unspecified atom stereocenters. The number of amides is 1. The molecule has 5 heteroatoms. The Bertz CT molecular complexity index is 627. The zero-order chi connectivity index (χ0) is 15.2. The zero-order valence-electron chi connectivity index (χ0n) is 11.6. The quantitative estimate of drug-likeness (QED) is 0.834. The van der Waals surface area contributed by atoms with Crippen LogP contribution in [-0.2, 0) is 4.79 Å². The van der Waals surface area contributed by atoms with E-state index in [-0.39, 0.29) is 5.91 Å². The zero-order valence-corrected chi connectivity index (χ0v) is 13.1. The Hall–Kier alpha value is -1.71. The number of hydrogen-bond acceptors (Lipinski definition) is 2. The van der Waals surface area contributed by atoms with Crippen LogP contribution in [0.3, 0.4) is 0 Å². The fourth-order valence-corrected chi connectivity index (χ4v) is 2.13. The second-order valence-electron chi connectivity index (χ2n) is 4.72. The molecular weight excluding hydrogens is 307 g/mol. The number of carbonyl (C=O) groups is 1. The standard InChI is InChI=1S/C16H16Cl2N2O/c1-11-2-5-13(6-3-11)19-9-8-16(21)20-15-10-12(17)4-7-14(15)18/h2-7,10,19H,8-9H2,1H3,(H,20,21). The largest absolute Gasteiger partial charge is 0.385 e. The number of halogens is 2. The molecule has 2 rings (SSSR count). The van der Waals surface area contributed by atoms with E-state index in [1.54, 1.807) is 18.2 Å². The summed E-state index contributed by atoms with van der Waals surface area (Å²) in [6.07, 6.45) is 0.344. The highest BCUT2D eigenvalue weighted by atomic mass is 35.5. The van der Waals surface area contributed by atoms with Crippen LogP contribution in [0.4, 0.5) is 11.4 Å². The van der Waals surface area contributed by atoms with Crippen LogP contribution in [0.1, 0.15) is 12.0 Å². The number of aryl methyl sites for hydroxylation is 1. The minimum atomic E-state index is -0.112. The topological polar surface area (TPSA) is 41.1 Å². The number of benzene rings is 2. The molecule has 0 fully saturated rings. The van der Waals surface area contributed by atoms with E-state index in [4.69, 9.17) is 23.2 Å². The summed E-state index contributed by atoms with van der Waals surface area (Å²) < 4.78 is 0. The highest BCUT2D eigenvalue weighted by Gasteiger charge is 2.06. The first-order valence-corrected chi connectivity index (χ1v) is 7.35. The first-order valence-electron chi connectivity index (χ1n) is 6.60. The van der Waals surface area contributed by atoms with E-state index in [1.807, 2.05) is 31.2 Å². The highest BCUT2D eigenvalue weighted by molar-refractivity contribution is 6.35. The summed E-state index contributed by atoms with van der Waals surface area (Å²) in [5, 5.41) is 6.95. The van der Waals surface area contributed by atoms with E-state index in [1.165, 1.54) is 5.56 Å². The lowest BCUT2D eigenvalue weighted by Crippen LogP contribution is -2.16. The van der Waals surface area contributed by atoms with Crippen molar-refractivity contribution in [2.75, 3.05) is 17.2 Å². The third kappa shape index (κ3) is 4.96. The molecule has 0 aliphatic carbocycles. The molecule has 2 N–H and O–H groups in total. The van der Waals surface area contributed by atoms with Crippen molar-refractivity contribution in [1.29, 1.82) is 0 Å². The van der Waals surface area contributed by atoms with Crippen molar-refractivity contribution in [3.63, 3.8) is 0 Å². The molecule has 0 aliphatic heterocycles. The maximum Gasteiger partial charge on any atom is 0.226 e. The number of anilines is 2. The summed E-state index contributed by atoms with van der Waals surface area (Å²) in [5.74, 6) is -0.112. The fraction of sp³-hybridized carbons (Fsp3) is 0.188. The van der Waals surface area contributed by atoms with Gasteiger partial charge in [0.1, 0.15) is 0 Å². The minimum absolute atomic E-state index is 0.112. The van der Waals surface area contributed by atoms with Gasteiger partial charge in [-0.3, -0.25) is 4.79 Å². The Morgan fingerprint density at radius 3 is 2.52 bits per heavy atom. The molecule has 0 bridgehead atoms. The minimum Gasteiger partial charge on any atom is -0.385 e. The average Bonchev–Trinajstić information content (AvgIpc) is 2.45. The summed E-state index contributed by atoms with van der Waals surface area (Å²) >= 11 is 11.9. The van der Waals surface area contributed by atoms with Crippen molar-refractivity contribution in [1.82, 2.24) is 0 Å².